The Hall–Kier alpha value is -5.96. The lowest BCUT2D eigenvalue weighted by Crippen LogP contribution is -2.54. The van der Waals surface area contributed by atoms with Gasteiger partial charge in [0, 0.05) is 24.3 Å². The van der Waals surface area contributed by atoms with Crippen molar-refractivity contribution in [2.75, 3.05) is 4.90 Å². The van der Waals surface area contributed by atoms with Gasteiger partial charge in [0.25, 0.3) is 5.69 Å². The van der Waals surface area contributed by atoms with E-state index in [4.69, 9.17) is 0 Å². The average molecular weight is 607 g/mol. The van der Waals surface area contributed by atoms with Crippen molar-refractivity contribution in [3.8, 4) is 0 Å². The molecule has 46 heavy (non-hydrogen) atoms. The van der Waals surface area contributed by atoms with E-state index in [1.54, 1.807) is 6.21 Å². The van der Waals surface area contributed by atoms with Crippen molar-refractivity contribution in [1.82, 2.24) is 5.43 Å². The van der Waals surface area contributed by atoms with Gasteiger partial charge in [0.1, 0.15) is 0 Å². The molecule has 2 bridgehead atoms. The van der Waals surface area contributed by atoms with Crippen LogP contribution >= 0.6 is 0 Å². The molecule has 0 aromatic heterocycles. The van der Waals surface area contributed by atoms with Gasteiger partial charge in [-0.2, -0.15) is 5.10 Å². The number of carbonyl (C=O) groups excluding carboxylic acids is 3. The van der Waals surface area contributed by atoms with E-state index in [9.17, 15) is 24.5 Å². The van der Waals surface area contributed by atoms with Crippen LogP contribution in [0.25, 0.3) is 10.8 Å². The summed E-state index contributed by atoms with van der Waals surface area (Å²) in [6.45, 7) is 0. The zero-order valence-electron chi connectivity index (χ0n) is 24.4. The molecule has 2 atom stereocenters. The van der Waals surface area contributed by atoms with Crippen molar-refractivity contribution in [3.63, 3.8) is 0 Å². The molecule has 4 aliphatic rings. The third-order valence-electron chi connectivity index (χ3n) is 9.69. The molecule has 1 N–H and O–H groups in total. The minimum absolute atomic E-state index is 0.109. The maximum absolute atomic E-state index is 14.5. The van der Waals surface area contributed by atoms with Crippen LogP contribution in [-0.2, 0) is 26.2 Å². The first kappa shape index (κ1) is 27.6. The van der Waals surface area contributed by atoms with Gasteiger partial charge in [-0.1, -0.05) is 91.0 Å². The summed E-state index contributed by atoms with van der Waals surface area (Å²) in [5, 5.41) is 17.8. The lowest BCUT2D eigenvalue weighted by Gasteiger charge is -2.52. The summed E-state index contributed by atoms with van der Waals surface area (Å²) >= 11 is 0. The molecule has 0 unspecified atom stereocenters. The average Bonchev–Trinajstić information content (AvgIpc) is 3.35. The van der Waals surface area contributed by atoms with Crippen LogP contribution < -0.4 is 10.3 Å². The van der Waals surface area contributed by atoms with Crippen molar-refractivity contribution in [2.45, 2.75) is 17.8 Å². The highest BCUT2D eigenvalue weighted by atomic mass is 16.6. The highest BCUT2D eigenvalue weighted by Crippen LogP contribution is 2.63. The van der Waals surface area contributed by atoms with Crippen LogP contribution in [0.3, 0.4) is 0 Å². The van der Waals surface area contributed by atoms with Gasteiger partial charge in [-0.15, -0.1) is 0 Å². The van der Waals surface area contributed by atoms with E-state index in [1.165, 1.54) is 24.3 Å². The van der Waals surface area contributed by atoms with Crippen LogP contribution in [0.1, 0.15) is 33.7 Å². The summed E-state index contributed by atoms with van der Waals surface area (Å²) < 4.78 is 0. The number of amides is 3. The number of rotatable bonds is 6. The number of anilines is 1. The maximum Gasteiger partial charge on any atom is 0.269 e. The van der Waals surface area contributed by atoms with Gasteiger partial charge < -0.3 is 0 Å². The number of non-ortho nitro benzene ring substituents is 1. The quantitative estimate of drug-likeness (QED) is 0.116. The molecule has 0 radical (unpaired) electrons. The molecule has 3 amide bonds. The van der Waals surface area contributed by atoms with E-state index >= 15 is 0 Å². The van der Waals surface area contributed by atoms with E-state index in [1.807, 2.05) is 91.0 Å². The lowest BCUT2D eigenvalue weighted by molar-refractivity contribution is -0.384. The second-order valence-corrected chi connectivity index (χ2v) is 11.9. The number of nitrogens with zero attached hydrogens (tertiary/aromatic N) is 3. The SMILES string of the molecule is O=C(Cc1cccc2ccccc12)N/N=C\C12c3ccccc3C(c3ccccc31)[C@H]1C(=O)N(c3ccc([N+](=O)[O-])cc3)C(=O)[C@H]12. The highest BCUT2D eigenvalue weighted by Gasteiger charge is 2.68. The fraction of sp³-hybridized carbons (Fsp3) is 0.135. The number of nitrogens with one attached hydrogen (secondary N) is 1. The van der Waals surface area contributed by atoms with Crippen molar-refractivity contribution < 1.29 is 19.3 Å². The fourth-order valence-electron chi connectivity index (χ4n) is 7.89. The normalized spacial score (nSPS) is 22.5. The third-order valence-corrected chi connectivity index (χ3v) is 9.69. The number of imide groups is 1. The monoisotopic (exact) mass is 606 g/mol. The maximum atomic E-state index is 14.5. The number of hydrogen-bond acceptors (Lipinski definition) is 6. The summed E-state index contributed by atoms with van der Waals surface area (Å²) in [4.78, 5) is 53.9. The Morgan fingerprint density at radius 2 is 1.46 bits per heavy atom. The first-order valence-corrected chi connectivity index (χ1v) is 15.0. The molecule has 224 valence electrons. The van der Waals surface area contributed by atoms with E-state index in [2.05, 4.69) is 10.5 Å². The van der Waals surface area contributed by atoms with E-state index < -0.39 is 28.1 Å². The van der Waals surface area contributed by atoms with E-state index in [-0.39, 0.29) is 35.5 Å². The Bertz CT molecular complexity index is 2090. The number of hydrazone groups is 1. The largest absolute Gasteiger partial charge is 0.274 e. The van der Waals surface area contributed by atoms with E-state index in [0.717, 1.165) is 43.5 Å². The molecule has 9 heteroatoms. The molecule has 3 aliphatic carbocycles. The molecule has 5 aromatic carbocycles. The standard InChI is InChI=1S/C37H26N4O5/c42-31(20-23-10-7-9-22-8-1-2-11-26(22)23)39-38-21-37-29-14-5-3-12-27(29)32(28-13-4-6-15-30(28)37)33-34(37)36(44)40(35(33)43)24-16-18-25(19-17-24)41(45)46/h1-19,21,32-34H,20H2,(H,39,42)/b38-21-/t32?,33-,34+,37?/m1/s1. The first-order chi connectivity index (χ1) is 22.4. The van der Waals surface area contributed by atoms with Gasteiger partial charge in [0.15, 0.2) is 0 Å². The Labute approximate surface area is 263 Å². The van der Waals surface area contributed by atoms with Crippen LogP contribution in [-0.4, -0.2) is 28.9 Å². The second kappa shape index (κ2) is 10.3. The van der Waals surface area contributed by atoms with Crippen molar-refractivity contribution >= 4 is 46.1 Å². The van der Waals surface area contributed by atoms with Gasteiger partial charge >= 0.3 is 0 Å². The molecule has 5 aromatic rings. The molecular formula is C37H26N4O5. The summed E-state index contributed by atoms with van der Waals surface area (Å²) in [7, 11) is 0. The summed E-state index contributed by atoms with van der Waals surface area (Å²) in [6, 6.07) is 34.7. The Morgan fingerprint density at radius 1 is 0.826 bits per heavy atom. The fourth-order valence-corrected chi connectivity index (χ4v) is 7.89. The Morgan fingerprint density at radius 3 is 2.15 bits per heavy atom. The van der Waals surface area contributed by atoms with Crippen LogP contribution in [0.2, 0.25) is 0 Å². The summed E-state index contributed by atoms with van der Waals surface area (Å²) in [5.41, 5.74) is 6.15. The molecule has 1 saturated heterocycles. The predicted molar refractivity (Wildman–Crippen MR) is 172 cm³/mol. The number of hydrogen-bond donors (Lipinski definition) is 1. The minimum Gasteiger partial charge on any atom is -0.274 e. The Balaban J connectivity index is 1.21. The zero-order chi connectivity index (χ0) is 31.6. The van der Waals surface area contributed by atoms with Crippen molar-refractivity contribution in [3.05, 3.63) is 153 Å². The predicted octanol–water partition coefficient (Wildman–Crippen LogP) is 5.64. The molecule has 1 heterocycles. The smallest absolute Gasteiger partial charge is 0.269 e. The van der Waals surface area contributed by atoms with Gasteiger partial charge in [-0.05, 0) is 50.7 Å². The molecule has 1 aliphatic heterocycles. The van der Waals surface area contributed by atoms with Crippen molar-refractivity contribution in [2.24, 2.45) is 16.9 Å². The summed E-state index contributed by atoms with van der Waals surface area (Å²) in [6.07, 6.45) is 1.74. The lowest BCUT2D eigenvalue weighted by atomic mass is 9.47. The van der Waals surface area contributed by atoms with Gasteiger partial charge in [-0.25, -0.2) is 10.3 Å². The molecule has 0 spiro atoms. The molecular weight excluding hydrogens is 580 g/mol. The number of fused-ring (bicyclic) bond motifs is 1. The highest BCUT2D eigenvalue weighted by molar-refractivity contribution is 6.25. The van der Waals surface area contributed by atoms with Gasteiger partial charge in [-0.3, -0.25) is 24.5 Å². The van der Waals surface area contributed by atoms with Gasteiger partial charge in [0.05, 0.1) is 34.3 Å². The Kier molecular flexibility index (Phi) is 6.18. The molecule has 9 nitrogen and oxygen atoms in total. The number of nitro benzene ring substituents is 1. The second-order valence-electron chi connectivity index (χ2n) is 11.9. The minimum atomic E-state index is -1.15. The molecule has 0 saturated carbocycles. The molecule has 9 rings (SSSR count). The van der Waals surface area contributed by atoms with Crippen LogP contribution in [0.15, 0.2) is 120 Å². The summed E-state index contributed by atoms with van der Waals surface area (Å²) in [5.74, 6) is -3.03. The topological polar surface area (TPSA) is 122 Å². The van der Waals surface area contributed by atoms with Crippen LogP contribution in [0.5, 0.6) is 0 Å². The number of benzene rings is 5. The van der Waals surface area contributed by atoms with E-state index in [0.29, 0.717) is 0 Å². The first-order valence-electron chi connectivity index (χ1n) is 15.0. The van der Waals surface area contributed by atoms with Crippen LogP contribution in [0.4, 0.5) is 11.4 Å². The third kappa shape index (κ3) is 3.88. The van der Waals surface area contributed by atoms with Crippen LogP contribution in [0, 0.1) is 22.0 Å². The number of nitro groups is 1. The van der Waals surface area contributed by atoms with Gasteiger partial charge in [0.2, 0.25) is 17.7 Å². The number of carbonyl (C=O) groups is 3. The zero-order valence-corrected chi connectivity index (χ0v) is 24.4. The van der Waals surface area contributed by atoms with Crippen molar-refractivity contribution in [1.29, 1.82) is 0 Å². The molecule has 1 fully saturated rings.